The Bertz CT molecular complexity index is 1840. The van der Waals surface area contributed by atoms with Crippen LogP contribution < -0.4 is 25.2 Å². The molecule has 0 unspecified atom stereocenters. The summed E-state index contributed by atoms with van der Waals surface area (Å²) in [4.78, 5) is 39.4. The fraction of sp³-hybridized carbons (Fsp3) is 0.194. The van der Waals surface area contributed by atoms with Crippen molar-refractivity contribution in [2.45, 2.75) is 26.4 Å². The van der Waals surface area contributed by atoms with Crippen LogP contribution in [0.5, 0.6) is 0 Å². The predicted molar refractivity (Wildman–Crippen MR) is 171 cm³/mol. The highest BCUT2D eigenvalue weighted by molar-refractivity contribution is 7.92. The zero-order chi connectivity index (χ0) is 31.4. The minimum absolute atomic E-state index is 0.0424. The Morgan fingerprint density at radius 1 is 1.11 bits per heavy atom. The van der Waals surface area contributed by atoms with E-state index in [4.69, 9.17) is 0 Å². The van der Waals surface area contributed by atoms with Crippen molar-refractivity contribution in [3.05, 3.63) is 102 Å². The summed E-state index contributed by atoms with van der Waals surface area (Å²) in [5.41, 5.74) is 5.54. The molecule has 0 fully saturated rings. The molecule has 44 heavy (non-hydrogen) atoms. The van der Waals surface area contributed by atoms with Gasteiger partial charge in [0.1, 0.15) is 11.6 Å². The number of benzene rings is 2. The third-order valence-electron chi connectivity index (χ3n) is 7.10. The van der Waals surface area contributed by atoms with Gasteiger partial charge in [-0.2, -0.15) is 4.98 Å². The van der Waals surface area contributed by atoms with Crippen LogP contribution >= 0.6 is 0 Å². The van der Waals surface area contributed by atoms with Gasteiger partial charge >= 0.3 is 0 Å². The molecule has 4 aromatic rings. The van der Waals surface area contributed by atoms with Crippen LogP contribution in [0.3, 0.4) is 0 Å². The number of anilines is 6. The number of hydrogen-bond acceptors (Lipinski definition) is 9. The molecule has 0 bridgehead atoms. The van der Waals surface area contributed by atoms with Crippen molar-refractivity contribution in [3.63, 3.8) is 0 Å². The molecule has 2 aromatic carbocycles. The van der Waals surface area contributed by atoms with Gasteiger partial charge in [0.05, 0.1) is 18.4 Å². The molecule has 3 heterocycles. The number of nitrogens with one attached hydrogen (secondary N) is 3. The number of carbonyl (C=O) groups excluding carboxylic acids is 2. The Kier molecular flexibility index (Phi) is 8.58. The van der Waals surface area contributed by atoms with Crippen molar-refractivity contribution in [3.8, 4) is 0 Å². The van der Waals surface area contributed by atoms with E-state index in [2.05, 4.69) is 37.5 Å². The first kappa shape index (κ1) is 30.2. The first-order valence-corrected chi connectivity index (χ1v) is 15.6. The number of aryl methyl sites for hydroxylation is 1. The maximum absolute atomic E-state index is 13.0. The molecule has 3 N–H and O–H groups in total. The van der Waals surface area contributed by atoms with Gasteiger partial charge in [0.15, 0.2) is 0 Å². The number of nitrogens with zero attached hydrogens (tertiary/aromatic N) is 5. The number of carbonyl (C=O) groups is 2. The van der Waals surface area contributed by atoms with E-state index in [1.807, 2.05) is 49.4 Å². The molecule has 1 aliphatic heterocycles. The van der Waals surface area contributed by atoms with Crippen LogP contribution in [0.15, 0.2) is 79.6 Å². The molecule has 0 saturated heterocycles. The fourth-order valence-electron chi connectivity index (χ4n) is 4.70. The second-order valence-electron chi connectivity index (χ2n) is 10.3. The Morgan fingerprint density at radius 3 is 2.61 bits per heavy atom. The molecule has 1 aliphatic rings. The van der Waals surface area contributed by atoms with E-state index < -0.39 is 10.0 Å². The van der Waals surface area contributed by atoms with E-state index in [0.717, 1.165) is 44.3 Å². The topological polar surface area (TPSA) is 150 Å². The minimum Gasteiger partial charge on any atom is -0.365 e. The number of pyridine rings is 1. The van der Waals surface area contributed by atoms with Crippen LogP contribution in [-0.4, -0.2) is 48.5 Å². The van der Waals surface area contributed by atoms with Crippen molar-refractivity contribution in [2.75, 3.05) is 33.1 Å². The summed E-state index contributed by atoms with van der Waals surface area (Å²) in [6, 6.07) is 16.7. The molecule has 13 heteroatoms. The van der Waals surface area contributed by atoms with E-state index in [0.29, 0.717) is 36.2 Å². The summed E-state index contributed by atoms with van der Waals surface area (Å²) in [7, 11) is -2.01. The second-order valence-corrected chi connectivity index (χ2v) is 12.3. The average molecular weight is 613 g/mol. The number of sulfonamides is 1. The van der Waals surface area contributed by atoms with Crippen LogP contribution in [-0.2, 0) is 39.1 Å². The zero-order valence-corrected chi connectivity index (χ0v) is 25.4. The van der Waals surface area contributed by atoms with Gasteiger partial charge in [0, 0.05) is 55.0 Å². The van der Waals surface area contributed by atoms with Crippen LogP contribution in [0.25, 0.3) is 0 Å². The monoisotopic (exact) mass is 612 g/mol. The predicted octanol–water partition coefficient (Wildman–Crippen LogP) is 3.95. The third-order valence-corrected chi connectivity index (χ3v) is 8.26. The largest absolute Gasteiger partial charge is 0.365 e. The van der Waals surface area contributed by atoms with Crippen LogP contribution in [0.4, 0.5) is 34.6 Å². The molecule has 0 atom stereocenters. The molecule has 226 valence electrons. The number of fused-ring (bicyclic) bond motifs is 1. The number of amides is 2. The van der Waals surface area contributed by atoms with Crippen molar-refractivity contribution >= 4 is 56.5 Å². The Balaban J connectivity index is 1.29. The lowest BCUT2D eigenvalue weighted by molar-refractivity contribution is -0.117. The lowest BCUT2D eigenvalue weighted by atomic mass is 10.1. The molecule has 0 saturated carbocycles. The summed E-state index contributed by atoms with van der Waals surface area (Å²) < 4.78 is 25.3. The highest BCUT2D eigenvalue weighted by Gasteiger charge is 2.29. The van der Waals surface area contributed by atoms with Gasteiger partial charge in [0.2, 0.25) is 27.8 Å². The number of hydrogen-bond donors (Lipinski definition) is 3. The van der Waals surface area contributed by atoms with Gasteiger partial charge in [-0.05, 0) is 60.5 Å². The van der Waals surface area contributed by atoms with Gasteiger partial charge in [0.25, 0.3) is 0 Å². The van der Waals surface area contributed by atoms with Gasteiger partial charge < -0.3 is 16.0 Å². The molecule has 0 aliphatic carbocycles. The smallest absolute Gasteiger partial charge is 0.243 e. The summed E-state index contributed by atoms with van der Waals surface area (Å²) in [5, 5.41) is 9.22. The SMILES string of the molecule is C=CC(=O)NCc1ccc(N2C(=O)Cc3cc(Nc4ncc(C)c(NCc5cccnc5N(C)S(C)(=O)=O)n4)ccc32)cc1. The first-order valence-electron chi connectivity index (χ1n) is 13.7. The van der Waals surface area contributed by atoms with Crippen molar-refractivity contribution in [1.82, 2.24) is 20.3 Å². The lowest BCUT2D eigenvalue weighted by Gasteiger charge is -2.19. The molecule has 0 spiro atoms. The van der Waals surface area contributed by atoms with E-state index in [1.54, 1.807) is 29.4 Å². The maximum Gasteiger partial charge on any atom is 0.243 e. The van der Waals surface area contributed by atoms with Crippen molar-refractivity contribution in [2.24, 2.45) is 0 Å². The van der Waals surface area contributed by atoms with Crippen molar-refractivity contribution < 1.29 is 18.0 Å². The Hall–Kier alpha value is -5.30. The lowest BCUT2D eigenvalue weighted by Crippen LogP contribution is -2.27. The van der Waals surface area contributed by atoms with Gasteiger partial charge in [-0.15, -0.1) is 0 Å². The van der Waals surface area contributed by atoms with Crippen LogP contribution in [0, 0.1) is 6.92 Å². The zero-order valence-electron chi connectivity index (χ0n) is 24.5. The minimum atomic E-state index is -3.48. The highest BCUT2D eigenvalue weighted by atomic mass is 32.2. The quantitative estimate of drug-likeness (QED) is 0.214. The van der Waals surface area contributed by atoms with Crippen molar-refractivity contribution in [1.29, 1.82) is 0 Å². The first-order chi connectivity index (χ1) is 21.0. The molecule has 5 rings (SSSR count). The normalized spacial score (nSPS) is 12.4. The fourth-order valence-corrected chi connectivity index (χ4v) is 5.18. The van der Waals surface area contributed by atoms with E-state index in [-0.39, 0.29) is 18.2 Å². The van der Waals surface area contributed by atoms with Crippen LogP contribution in [0.2, 0.25) is 0 Å². The third kappa shape index (κ3) is 6.68. The van der Waals surface area contributed by atoms with E-state index >= 15 is 0 Å². The molecule has 2 amide bonds. The Morgan fingerprint density at radius 2 is 1.89 bits per heavy atom. The Labute approximate surface area is 255 Å². The number of aromatic nitrogens is 3. The number of rotatable bonds is 11. The summed E-state index contributed by atoms with van der Waals surface area (Å²) >= 11 is 0. The summed E-state index contributed by atoms with van der Waals surface area (Å²) in [6.07, 6.45) is 5.84. The van der Waals surface area contributed by atoms with E-state index in [9.17, 15) is 18.0 Å². The second kappa shape index (κ2) is 12.5. The van der Waals surface area contributed by atoms with Gasteiger partial charge in [-0.25, -0.2) is 18.4 Å². The highest BCUT2D eigenvalue weighted by Crippen LogP contribution is 2.37. The summed E-state index contributed by atoms with van der Waals surface area (Å²) in [6.45, 7) is 5.98. The molecular formula is C31H32N8O4S. The molecule has 0 radical (unpaired) electrons. The van der Waals surface area contributed by atoms with Gasteiger partial charge in [-0.3, -0.25) is 18.8 Å². The van der Waals surface area contributed by atoms with E-state index in [1.165, 1.54) is 13.1 Å². The standard InChI is InChI=1S/C31H32N8O4S/c1-5-27(40)33-18-21-8-11-25(12-9-21)39-26-13-10-24(15-23(26)16-28(39)41)36-31-35-17-20(2)29(37-31)34-19-22-7-6-14-32-30(22)38(3)44(4,42)43/h5-15,17H,1,16,18-19H2,2-4H3,(H,33,40)(H2,34,35,36,37). The molecule has 2 aromatic heterocycles. The van der Waals surface area contributed by atoms with Gasteiger partial charge in [-0.1, -0.05) is 24.8 Å². The molecule has 12 nitrogen and oxygen atoms in total. The summed E-state index contributed by atoms with van der Waals surface area (Å²) in [5.74, 6) is 0.984. The maximum atomic E-state index is 13.0. The average Bonchev–Trinajstić information content (AvgIpc) is 3.34. The van der Waals surface area contributed by atoms with Crippen LogP contribution in [0.1, 0.15) is 22.3 Å². The molecular weight excluding hydrogens is 580 g/mol.